The smallest absolute Gasteiger partial charge is 0.135 e. The minimum Gasteiger partial charge on any atom is -0.358 e. The van der Waals surface area contributed by atoms with E-state index >= 15 is 0 Å². The summed E-state index contributed by atoms with van der Waals surface area (Å²) in [5.74, 6) is 0. The van der Waals surface area contributed by atoms with Crippen molar-refractivity contribution < 1.29 is 4.74 Å². The number of benzene rings is 1. The molecule has 0 saturated carbocycles. The highest BCUT2D eigenvalue weighted by atomic mass is 16.5. The Labute approximate surface area is 95.0 Å². The molecule has 1 aromatic heterocycles. The van der Waals surface area contributed by atoms with Gasteiger partial charge in [0.05, 0.1) is 17.4 Å². The molecule has 0 bridgehead atoms. The van der Waals surface area contributed by atoms with Gasteiger partial charge in [-0.25, -0.2) is 4.98 Å². The molecular weight excluding hydrogens is 200 g/mol. The van der Waals surface area contributed by atoms with Crippen LogP contribution in [0.5, 0.6) is 0 Å². The fourth-order valence-corrected chi connectivity index (χ4v) is 2.31. The van der Waals surface area contributed by atoms with Crippen molar-refractivity contribution in [1.82, 2.24) is 9.55 Å². The lowest BCUT2D eigenvalue weighted by Crippen LogP contribution is -2.17. The van der Waals surface area contributed by atoms with Gasteiger partial charge in [-0.05, 0) is 43.9 Å². The zero-order valence-electron chi connectivity index (χ0n) is 9.52. The average molecular weight is 216 g/mol. The van der Waals surface area contributed by atoms with Gasteiger partial charge in [-0.15, -0.1) is 0 Å². The van der Waals surface area contributed by atoms with Crippen molar-refractivity contribution >= 4 is 11.0 Å². The second-order valence-corrected chi connectivity index (χ2v) is 4.47. The largest absolute Gasteiger partial charge is 0.358 e. The Bertz CT molecular complexity index is 498. The lowest BCUT2D eigenvalue weighted by Gasteiger charge is -2.24. The van der Waals surface area contributed by atoms with Gasteiger partial charge in [-0.1, -0.05) is 6.07 Å². The van der Waals surface area contributed by atoms with Crippen LogP contribution in [0.2, 0.25) is 0 Å². The van der Waals surface area contributed by atoms with Crippen LogP contribution in [-0.4, -0.2) is 16.2 Å². The number of hydrogen-bond donors (Lipinski definition) is 0. The molecule has 0 N–H and O–H groups in total. The van der Waals surface area contributed by atoms with Crippen molar-refractivity contribution in [1.29, 1.82) is 0 Å². The maximum absolute atomic E-state index is 5.79. The number of hydrogen-bond acceptors (Lipinski definition) is 2. The van der Waals surface area contributed by atoms with Crippen molar-refractivity contribution in [3.8, 4) is 0 Å². The Hall–Kier alpha value is -1.35. The molecule has 1 aliphatic heterocycles. The summed E-state index contributed by atoms with van der Waals surface area (Å²) in [7, 11) is 0. The fraction of sp³-hybridized carbons (Fsp3) is 0.462. The summed E-state index contributed by atoms with van der Waals surface area (Å²) in [4.78, 5) is 4.42. The summed E-state index contributed by atoms with van der Waals surface area (Å²) in [6, 6.07) is 6.35. The van der Waals surface area contributed by atoms with Crippen LogP contribution in [0.1, 0.15) is 31.1 Å². The monoisotopic (exact) mass is 216 g/mol. The van der Waals surface area contributed by atoms with Gasteiger partial charge in [0.2, 0.25) is 0 Å². The first-order valence-corrected chi connectivity index (χ1v) is 5.89. The first-order valence-electron chi connectivity index (χ1n) is 5.89. The molecule has 2 heterocycles. The quantitative estimate of drug-likeness (QED) is 0.732. The van der Waals surface area contributed by atoms with Crippen LogP contribution in [-0.2, 0) is 4.74 Å². The SMILES string of the molecule is Cc1ccc2ncn(C3CCCCO3)c2c1. The van der Waals surface area contributed by atoms with E-state index in [0.29, 0.717) is 0 Å². The molecule has 1 unspecified atom stereocenters. The van der Waals surface area contributed by atoms with Crippen LogP contribution in [0.25, 0.3) is 11.0 Å². The highest BCUT2D eigenvalue weighted by Gasteiger charge is 2.17. The van der Waals surface area contributed by atoms with E-state index in [1.807, 2.05) is 6.33 Å². The maximum Gasteiger partial charge on any atom is 0.135 e. The van der Waals surface area contributed by atoms with E-state index in [9.17, 15) is 0 Å². The molecule has 84 valence electrons. The number of ether oxygens (including phenoxy) is 1. The van der Waals surface area contributed by atoms with E-state index in [2.05, 4.69) is 34.7 Å². The molecule has 1 atom stereocenters. The van der Waals surface area contributed by atoms with Crippen molar-refractivity contribution in [3.05, 3.63) is 30.1 Å². The number of imidazole rings is 1. The van der Waals surface area contributed by atoms with Crippen molar-refractivity contribution in [3.63, 3.8) is 0 Å². The molecule has 3 heteroatoms. The Morgan fingerprint density at radius 1 is 1.38 bits per heavy atom. The van der Waals surface area contributed by atoms with Gasteiger partial charge in [-0.3, -0.25) is 0 Å². The molecule has 0 amide bonds. The van der Waals surface area contributed by atoms with E-state index in [1.165, 1.54) is 23.9 Å². The first kappa shape index (κ1) is 9.85. The molecule has 0 aliphatic carbocycles. The van der Waals surface area contributed by atoms with Gasteiger partial charge in [0.1, 0.15) is 6.23 Å². The van der Waals surface area contributed by atoms with Crippen LogP contribution in [0.3, 0.4) is 0 Å². The van der Waals surface area contributed by atoms with Gasteiger partial charge in [-0.2, -0.15) is 0 Å². The minimum absolute atomic E-state index is 0.181. The topological polar surface area (TPSA) is 27.1 Å². The summed E-state index contributed by atoms with van der Waals surface area (Å²) in [5, 5.41) is 0. The summed E-state index contributed by atoms with van der Waals surface area (Å²) in [6.07, 6.45) is 5.61. The standard InChI is InChI=1S/C13H16N2O/c1-10-5-6-11-12(8-10)15(9-14-11)13-4-2-3-7-16-13/h5-6,8-9,13H,2-4,7H2,1H3. The van der Waals surface area contributed by atoms with Gasteiger partial charge in [0, 0.05) is 6.61 Å². The van der Waals surface area contributed by atoms with E-state index in [4.69, 9.17) is 4.74 Å². The minimum atomic E-state index is 0.181. The summed E-state index contributed by atoms with van der Waals surface area (Å²) < 4.78 is 7.96. The Kier molecular flexibility index (Phi) is 2.40. The molecule has 16 heavy (non-hydrogen) atoms. The third kappa shape index (κ3) is 1.61. The van der Waals surface area contributed by atoms with Crippen molar-refractivity contribution in [2.24, 2.45) is 0 Å². The summed E-state index contributed by atoms with van der Waals surface area (Å²) >= 11 is 0. The third-order valence-electron chi connectivity index (χ3n) is 3.20. The molecule has 3 nitrogen and oxygen atoms in total. The number of aryl methyl sites for hydroxylation is 1. The van der Waals surface area contributed by atoms with Gasteiger partial charge < -0.3 is 9.30 Å². The zero-order valence-corrected chi connectivity index (χ0v) is 9.52. The van der Waals surface area contributed by atoms with E-state index in [-0.39, 0.29) is 6.23 Å². The number of aromatic nitrogens is 2. The molecule has 1 fully saturated rings. The van der Waals surface area contributed by atoms with Crippen LogP contribution in [0, 0.1) is 6.92 Å². The molecule has 2 aromatic rings. The average Bonchev–Trinajstić information content (AvgIpc) is 2.73. The second-order valence-electron chi connectivity index (χ2n) is 4.47. The molecule has 3 rings (SSSR count). The molecule has 0 spiro atoms. The molecule has 1 saturated heterocycles. The number of fused-ring (bicyclic) bond motifs is 1. The molecule has 1 aromatic carbocycles. The third-order valence-corrected chi connectivity index (χ3v) is 3.20. The van der Waals surface area contributed by atoms with Gasteiger partial charge >= 0.3 is 0 Å². The van der Waals surface area contributed by atoms with Crippen LogP contribution < -0.4 is 0 Å². The summed E-state index contributed by atoms with van der Waals surface area (Å²) in [5.41, 5.74) is 3.51. The highest BCUT2D eigenvalue weighted by molar-refractivity contribution is 5.76. The maximum atomic E-state index is 5.79. The van der Waals surface area contributed by atoms with Crippen molar-refractivity contribution in [2.45, 2.75) is 32.4 Å². The normalized spacial score (nSPS) is 21.4. The molecule has 0 radical (unpaired) electrons. The van der Waals surface area contributed by atoms with Crippen LogP contribution >= 0.6 is 0 Å². The Morgan fingerprint density at radius 2 is 2.31 bits per heavy atom. The number of rotatable bonds is 1. The van der Waals surface area contributed by atoms with E-state index < -0.39 is 0 Å². The predicted octanol–water partition coefficient (Wildman–Crippen LogP) is 3.04. The van der Waals surface area contributed by atoms with Crippen LogP contribution in [0.15, 0.2) is 24.5 Å². The van der Waals surface area contributed by atoms with Gasteiger partial charge in [0.15, 0.2) is 0 Å². The lowest BCUT2D eigenvalue weighted by atomic mass is 10.1. The summed E-state index contributed by atoms with van der Waals surface area (Å²) in [6.45, 7) is 2.98. The van der Waals surface area contributed by atoms with Crippen LogP contribution in [0.4, 0.5) is 0 Å². The zero-order chi connectivity index (χ0) is 11.0. The lowest BCUT2D eigenvalue weighted by molar-refractivity contribution is -0.0295. The fourth-order valence-electron chi connectivity index (χ4n) is 2.31. The molecule has 1 aliphatic rings. The number of nitrogens with zero attached hydrogens (tertiary/aromatic N) is 2. The predicted molar refractivity (Wildman–Crippen MR) is 63.3 cm³/mol. The second kappa shape index (κ2) is 3.91. The Balaban J connectivity index is 2.05. The van der Waals surface area contributed by atoms with E-state index in [0.717, 1.165) is 18.5 Å². The first-order chi connectivity index (χ1) is 7.84. The Morgan fingerprint density at radius 3 is 3.12 bits per heavy atom. The van der Waals surface area contributed by atoms with E-state index in [1.54, 1.807) is 0 Å². The molecular formula is C13H16N2O. The van der Waals surface area contributed by atoms with Crippen molar-refractivity contribution in [2.75, 3.05) is 6.61 Å². The highest BCUT2D eigenvalue weighted by Crippen LogP contribution is 2.26. The van der Waals surface area contributed by atoms with Gasteiger partial charge in [0.25, 0.3) is 0 Å².